The number of likely N-dealkylation sites (N-methyl/N-ethyl adjacent to an activating group) is 1. The Morgan fingerprint density at radius 3 is 2.79 bits per heavy atom. The van der Waals surface area contributed by atoms with Crippen LogP contribution in [0.5, 0.6) is 0 Å². The van der Waals surface area contributed by atoms with Gasteiger partial charge in [-0.3, -0.25) is 4.90 Å². The molecule has 2 unspecified atom stereocenters. The first-order valence-electron chi connectivity index (χ1n) is 6.98. The Morgan fingerprint density at radius 1 is 1.42 bits per heavy atom. The third-order valence-electron chi connectivity index (χ3n) is 3.89. The van der Waals surface area contributed by atoms with Crippen LogP contribution in [-0.4, -0.2) is 49.6 Å². The van der Waals surface area contributed by atoms with Gasteiger partial charge in [-0.05, 0) is 39.5 Å². The number of rotatable bonds is 5. The van der Waals surface area contributed by atoms with Gasteiger partial charge in [0, 0.05) is 24.7 Å². The molecule has 0 saturated carbocycles. The summed E-state index contributed by atoms with van der Waals surface area (Å²) in [4.78, 5) is 4.57. The van der Waals surface area contributed by atoms with E-state index in [1.54, 1.807) is 6.07 Å². The fourth-order valence-electron chi connectivity index (χ4n) is 3.07. The summed E-state index contributed by atoms with van der Waals surface area (Å²) < 4.78 is 14.0. The smallest absolute Gasteiger partial charge is 0.128 e. The highest BCUT2D eigenvalue weighted by atomic mass is 19.1. The minimum atomic E-state index is -0.145. The van der Waals surface area contributed by atoms with Crippen molar-refractivity contribution >= 4 is 0 Å². The zero-order valence-corrected chi connectivity index (χ0v) is 11.8. The van der Waals surface area contributed by atoms with Crippen molar-refractivity contribution < 1.29 is 4.39 Å². The van der Waals surface area contributed by atoms with E-state index < -0.39 is 0 Å². The fourth-order valence-corrected chi connectivity index (χ4v) is 3.07. The standard InChI is InChI=1S/C15H24FN3/c1-18(2)11-12-6-5-9-19(12)15(10-17)13-7-3-4-8-14(13)16/h3-4,7-8,12,15H,5-6,9-11,17H2,1-2H3. The first kappa shape index (κ1) is 14.4. The van der Waals surface area contributed by atoms with Crippen molar-refractivity contribution in [3.05, 3.63) is 35.6 Å². The molecule has 2 N–H and O–H groups in total. The highest BCUT2D eigenvalue weighted by Gasteiger charge is 2.32. The molecule has 1 heterocycles. The monoisotopic (exact) mass is 265 g/mol. The molecule has 1 aromatic carbocycles. The van der Waals surface area contributed by atoms with Gasteiger partial charge in [0.2, 0.25) is 0 Å². The highest BCUT2D eigenvalue weighted by Crippen LogP contribution is 2.30. The number of halogens is 1. The number of nitrogens with two attached hydrogens (primary N) is 1. The average Bonchev–Trinajstić information content (AvgIpc) is 2.80. The summed E-state index contributed by atoms with van der Waals surface area (Å²) in [5, 5.41) is 0. The third-order valence-corrected chi connectivity index (χ3v) is 3.89. The van der Waals surface area contributed by atoms with Crippen molar-refractivity contribution in [2.24, 2.45) is 5.73 Å². The Balaban J connectivity index is 2.19. The first-order valence-corrected chi connectivity index (χ1v) is 6.98. The van der Waals surface area contributed by atoms with Crippen LogP contribution in [0, 0.1) is 5.82 Å². The van der Waals surface area contributed by atoms with Gasteiger partial charge in [0.1, 0.15) is 5.82 Å². The summed E-state index contributed by atoms with van der Waals surface area (Å²) in [7, 11) is 4.16. The molecule has 0 bridgehead atoms. The number of nitrogens with zero attached hydrogens (tertiary/aromatic N) is 2. The normalized spacial score (nSPS) is 22.1. The molecule has 1 aliphatic heterocycles. The molecule has 0 aromatic heterocycles. The lowest BCUT2D eigenvalue weighted by Crippen LogP contribution is -2.42. The topological polar surface area (TPSA) is 32.5 Å². The van der Waals surface area contributed by atoms with Crippen LogP contribution < -0.4 is 5.73 Å². The summed E-state index contributed by atoms with van der Waals surface area (Å²) >= 11 is 0. The number of hydrogen-bond donors (Lipinski definition) is 1. The van der Waals surface area contributed by atoms with Crippen LogP contribution in [0.1, 0.15) is 24.4 Å². The van der Waals surface area contributed by atoms with E-state index >= 15 is 0 Å². The molecular weight excluding hydrogens is 241 g/mol. The largest absolute Gasteiger partial charge is 0.329 e. The van der Waals surface area contributed by atoms with Crippen molar-refractivity contribution in [1.29, 1.82) is 0 Å². The highest BCUT2D eigenvalue weighted by molar-refractivity contribution is 5.22. The Bertz CT molecular complexity index is 408. The Morgan fingerprint density at radius 2 is 2.16 bits per heavy atom. The minimum Gasteiger partial charge on any atom is -0.329 e. The van der Waals surface area contributed by atoms with Crippen LogP contribution in [0.25, 0.3) is 0 Å². The van der Waals surface area contributed by atoms with Gasteiger partial charge in [-0.15, -0.1) is 0 Å². The Hall–Kier alpha value is -0.970. The molecule has 1 aliphatic rings. The fraction of sp³-hybridized carbons (Fsp3) is 0.600. The lowest BCUT2D eigenvalue weighted by atomic mass is 10.0. The molecular formula is C15H24FN3. The Kier molecular flexibility index (Phi) is 4.91. The molecule has 1 fully saturated rings. The third kappa shape index (κ3) is 3.32. The average molecular weight is 265 g/mol. The Labute approximate surface area is 115 Å². The molecule has 0 spiro atoms. The van der Waals surface area contributed by atoms with Gasteiger partial charge < -0.3 is 10.6 Å². The van der Waals surface area contributed by atoms with E-state index in [4.69, 9.17) is 5.73 Å². The molecule has 2 atom stereocenters. The number of hydrogen-bond acceptors (Lipinski definition) is 3. The molecule has 0 radical (unpaired) electrons. The predicted molar refractivity (Wildman–Crippen MR) is 76.5 cm³/mol. The van der Waals surface area contributed by atoms with Crippen LogP contribution in [0.2, 0.25) is 0 Å². The van der Waals surface area contributed by atoms with Crippen LogP contribution >= 0.6 is 0 Å². The van der Waals surface area contributed by atoms with Gasteiger partial charge in [-0.1, -0.05) is 18.2 Å². The maximum Gasteiger partial charge on any atom is 0.128 e. The van der Waals surface area contributed by atoms with E-state index in [2.05, 4.69) is 23.9 Å². The number of benzene rings is 1. The van der Waals surface area contributed by atoms with E-state index in [1.807, 2.05) is 12.1 Å². The van der Waals surface area contributed by atoms with Crippen LogP contribution in [0.3, 0.4) is 0 Å². The lowest BCUT2D eigenvalue weighted by Gasteiger charge is -2.34. The SMILES string of the molecule is CN(C)CC1CCCN1C(CN)c1ccccc1F. The molecule has 2 rings (SSSR count). The molecule has 1 saturated heterocycles. The molecule has 0 amide bonds. The van der Waals surface area contributed by atoms with E-state index in [0.717, 1.165) is 18.7 Å². The molecule has 4 heteroatoms. The quantitative estimate of drug-likeness (QED) is 0.882. The van der Waals surface area contributed by atoms with Crippen molar-refractivity contribution in [3.8, 4) is 0 Å². The second-order valence-electron chi connectivity index (χ2n) is 5.57. The van der Waals surface area contributed by atoms with Crippen molar-refractivity contribution in [2.75, 3.05) is 33.7 Å². The van der Waals surface area contributed by atoms with Gasteiger partial charge >= 0.3 is 0 Å². The maximum absolute atomic E-state index is 14.0. The first-order chi connectivity index (χ1) is 9.13. The van der Waals surface area contributed by atoms with Crippen LogP contribution in [-0.2, 0) is 0 Å². The molecule has 1 aromatic rings. The minimum absolute atomic E-state index is 0.00588. The molecule has 0 aliphatic carbocycles. The van der Waals surface area contributed by atoms with Gasteiger partial charge in [0.05, 0.1) is 6.04 Å². The van der Waals surface area contributed by atoms with E-state index in [9.17, 15) is 4.39 Å². The van der Waals surface area contributed by atoms with E-state index in [-0.39, 0.29) is 11.9 Å². The summed E-state index contributed by atoms with van der Waals surface area (Å²) in [6.07, 6.45) is 2.34. The summed E-state index contributed by atoms with van der Waals surface area (Å²) in [6.45, 7) is 2.48. The van der Waals surface area contributed by atoms with Crippen molar-refractivity contribution in [1.82, 2.24) is 9.80 Å². The van der Waals surface area contributed by atoms with Gasteiger partial charge in [0.15, 0.2) is 0 Å². The molecule has 106 valence electrons. The van der Waals surface area contributed by atoms with Crippen LogP contribution in [0.15, 0.2) is 24.3 Å². The van der Waals surface area contributed by atoms with Crippen molar-refractivity contribution in [2.45, 2.75) is 24.9 Å². The second kappa shape index (κ2) is 6.46. The molecule has 19 heavy (non-hydrogen) atoms. The summed E-state index contributed by atoms with van der Waals surface area (Å²) in [6, 6.07) is 7.47. The van der Waals surface area contributed by atoms with Gasteiger partial charge in [-0.2, -0.15) is 0 Å². The summed E-state index contributed by atoms with van der Waals surface area (Å²) in [5.74, 6) is -0.145. The summed E-state index contributed by atoms with van der Waals surface area (Å²) in [5.41, 5.74) is 6.66. The second-order valence-corrected chi connectivity index (χ2v) is 5.57. The zero-order chi connectivity index (χ0) is 13.8. The van der Waals surface area contributed by atoms with E-state index in [1.165, 1.54) is 18.9 Å². The zero-order valence-electron chi connectivity index (χ0n) is 11.8. The van der Waals surface area contributed by atoms with E-state index in [0.29, 0.717) is 12.6 Å². The maximum atomic E-state index is 14.0. The van der Waals surface area contributed by atoms with Crippen molar-refractivity contribution in [3.63, 3.8) is 0 Å². The van der Waals surface area contributed by atoms with Crippen LogP contribution in [0.4, 0.5) is 4.39 Å². The molecule has 3 nitrogen and oxygen atoms in total. The lowest BCUT2D eigenvalue weighted by molar-refractivity contribution is 0.153. The number of likely N-dealkylation sites (tertiary alicyclic amines) is 1. The van der Waals surface area contributed by atoms with Gasteiger partial charge in [-0.25, -0.2) is 4.39 Å². The van der Waals surface area contributed by atoms with Gasteiger partial charge in [0.25, 0.3) is 0 Å². The predicted octanol–water partition coefficient (Wildman–Crippen LogP) is 1.85.